The first-order chi connectivity index (χ1) is 12.3. The fraction of sp³-hybridized carbons (Fsp3) is 0.500. The lowest BCUT2D eigenvalue weighted by Gasteiger charge is -2.22. The zero-order valence-corrected chi connectivity index (χ0v) is 16.1. The number of aromatic nitrogens is 1. The summed E-state index contributed by atoms with van der Waals surface area (Å²) in [6.07, 6.45) is 0.880. The molecule has 3 rings (SSSR count). The molecule has 0 spiro atoms. The van der Waals surface area contributed by atoms with Crippen LogP contribution in [-0.4, -0.2) is 78.3 Å². The van der Waals surface area contributed by atoms with Gasteiger partial charge in [-0.15, -0.1) is 0 Å². The maximum Gasteiger partial charge on any atom is 0.270 e. The number of aryl methyl sites for hydroxylation is 2. The van der Waals surface area contributed by atoms with Crippen molar-refractivity contribution in [3.8, 4) is 0 Å². The van der Waals surface area contributed by atoms with E-state index in [1.54, 1.807) is 19.0 Å². The summed E-state index contributed by atoms with van der Waals surface area (Å²) in [5, 5.41) is 1.10. The Bertz CT molecular complexity index is 825. The second-order valence-electron chi connectivity index (χ2n) is 7.44. The van der Waals surface area contributed by atoms with Crippen LogP contribution in [0.3, 0.4) is 0 Å². The van der Waals surface area contributed by atoms with Gasteiger partial charge in [-0.25, -0.2) is 0 Å². The molecule has 0 radical (unpaired) electrons. The molecule has 2 amide bonds. The van der Waals surface area contributed by atoms with Gasteiger partial charge >= 0.3 is 0 Å². The molecule has 0 atom stereocenters. The van der Waals surface area contributed by atoms with Crippen LogP contribution in [0.2, 0.25) is 0 Å². The smallest absolute Gasteiger partial charge is 0.270 e. The first-order valence-corrected chi connectivity index (χ1v) is 9.17. The third kappa shape index (κ3) is 3.90. The standard InChI is InChI=1S/C20H28N4O2/c1-14-10-15(2)16-12-18(21-17(16)11-14)20(26)24-7-5-6-23(8-9-24)13-19(25)22(3)4/h10-12,21H,5-9,13H2,1-4H3. The van der Waals surface area contributed by atoms with E-state index in [-0.39, 0.29) is 11.8 Å². The largest absolute Gasteiger partial charge is 0.351 e. The van der Waals surface area contributed by atoms with Gasteiger partial charge in [0.05, 0.1) is 6.54 Å². The van der Waals surface area contributed by atoms with Gasteiger partial charge < -0.3 is 14.8 Å². The van der Waals surface area contributed by atoms with E-state index in [4.69, 9.17) is 0 Å². The Labute approximate surface area is 154 Å². The summed E-state index contributed by atoms with van der Waals surface area (Å²) in [7, 11) is 3.55. The van der Waals surface area contributed by atoms with E-state index in [0.29, 0.717) is 18.8 Å². The summed E-state index contributed by atoms with van der Waals surface area (Å²) in [5.74, 6) is 0.144. The van der Waals surface area contributed by atoms with Gasteiger partial charge in [0.1, 0.15) is 5.69 Å². The molecule has 1 aromatic heterocycles. The SMILES string of the molecule is Cc1cc(C)c2cc(C(=O)N3CCCN(CC(=O)N(C)C)CC3)[nH]c2c1. The number of benzene rings is 1. The number of nitrogens with zero attached hydrogens (tertiary/aromatic N) is 3. The number of nitrogens with one attached hydrogen (secondary N) is 1. The Morgan fingerprint density at radius 1 is 1.08 bits per heavy atom. The van der Waals surface area contributed by atoms with E-state index in [2.05, 4.69) is 35.9 Å². The Morgan fingerprint density at radius 3 is 2.58 bits per heavy atom. The van der Waals surface area contributed by atoms with E-state index in [0.717, 1.165) is 37.0 Å². The minimum absolute atomic E-state index is 0.0408. The number of carbonyl (C=O) groups excluding carboxylic acids is 2. The van der Waals surface area contributed by atoms with Crippen LogP contribution in [0.5, 0.6) is 0 Å². The summed E-state index contributed by atoms with van der Waals surface area (Å²) in [6.45, 7) is 7.49. The van der Waals surface area contributed by atoms with Gasteiger partial charge in [-0.1, -0.05) is 6.07 Å². The summed E-state index contributed by atoms with van der Waals surface area (Å²) in [6, 6.07) is 6.18. The van der Waals surface area contributed by atoms with Crippen molar-refractivity contribution in [1.82, 2.24) is 19.7 Å². The van der Waals surface area contributed by atoms with Gasteiger partial charge in [0.15, 0.2) is 0 Å². The van der Waals surface area contributed by atoms with E-state index in [9.17, 15) is 9.59 Å². The lowest BCUT2D eigenvalue weighted by molar-refractivity contribution is -0.129. The van der Waals surface area contributed by atoms with Gasteiger partial charge in [0.2, 0.25) is 5.91 Å². The van der Waals surface area contributed by atoms with E-state index in [1.165, 1.54) is 11.1 Å². The number of hydrogen-bond acceptors (Lipinski definition) is 3. The van der Waals surface area contributed by atoms with Crippen molar-refractivity contribution < 1.29 is 9.59 Å². The molecule has 6 nitrogen and oxygen atoms in total. The van der Waals surface area contributed by atoms with Crippen molar-refractivity contribution in [1.29, 1.82) is 0 Å². The third-order valence-electron chi connectivity index (χ3n) is 5.05. The number of hydrogen-bond donors (Lipinski definition) is 1. The molecule has 1 aromatic carbocycles. The third-order valence-corrected chi connectivity index (χ3v) is 5.05. The quantitative estimate of drug-likeness (QED) is 0.915. The molecule has 0 unspecified atom stereocenters. The van der Waals surface area contributed by atoms with Crippen molar-refractivity contribution in [2.75, 3.05) is 46.8 Å². The molecule has 0 aliphatic carbocycles. The van der Waals surface area contributed by atoms with E-state index in [1.807, 2.05) is 11.0 Å². The second kappa shape index (κ2) is 7.50. The number of aromatic amines is 1. The average molecular weight is 356 g/mol. The lowest BCUT2D eigenvalue weighted by atomic mass is 10.1. The van der Waals surface area contributed by atoms with Crippen LogP contribution in [0.25, 0.3) is 10.9 Å². The normalized spacial score (nSPS) is 15.9. The fourth-order valence-corrected chi connectivity index (χ4v) is 3.55. The average Bonchev–Trinajstić information content (AvgIpc) is 2.87. The molecule has 0 saturated carbocycles. The molecule has 0 bridgehead atoms. The second-order valence-corrected chi connectivity index (χ2v) is 7.44. The monoisotopic (exact) mass is 356 g/mol. The number of rotatable bonds is 3. The van der Waals surface area contributed by atoms with Crippen LogP contribution in [0.1, 0.15) is 28.0 Å². The van der Waals surface area contributed by atoms with Gasteiger partial charge in [-0.05, 0) is 43.5 Å². The highest BCUT2D eigenvalue weighted by Crippen LogP contribution is 2.22. The number of fused-ring (bicyclic) bond motifs is 1. The van der Waals surface area contributed by atoms with Gasteiger partial charge in [-0.3, -0.25) is 14.5 Å². The highest BCUT2D eigenvalue weighted by atomic mass is 16.2. The number of likely N-dealkylation sites (N-methyl/N-ethyl adjacent to an activating group) is 1. The van der Waals surface area contributed by atoms with E-state index < -0.39 is 0 Å². The molecule has 1 saturated heterocycles. The van der Waals surface area contributed by atoms with Crippen LogP contribution in [0.15, 0.2) is 18.2 Å². The molecular weight excluding hydrogens is 328 g/mol. The van der Waals surface area contributed by atoms with Crippen LogP contribution in [0.4, 0.5) is 0 Å². The molecule has 1 aliphatic rings. The Hall–Kier alpha value is -2.34. The molecule has 2 heterocycles. The summed E-state index contributed by atoms with van der Waals surface area (Å²) >= 11 is 0. The minimum Gasteiger partial charge on any atom is -0.351 e. The zero-order chi connectivity index (χ0) is 18.8. The van der Waals surface area contributed by atoms with Gasteiger partial charge in [0, 0.05) is 51.2 Å². The van der Waals surface area contributed by atoms with Crippen LogP contribution in [-0.2, 0) is 4.79 Å². The van der Waals surface area contributed by atoms with Crippen molar-refractivity contribution >= 4 is 22.7 Å². The van der Waals surface area contributed by atoms with Crippen LogP contribution < -0.4 is 0 Å². The Balaban J connectivity index is 1.70. The molecule has 2 aromatic rings. The molecule has 1 fully saturated rings. The minimum atomic E-state index is 0.0408. The number of H-pyrrole nitrogens is 1. The first kappa shape index (κ1) is 18.5. The Morgan fingerprint density at radius 2 is 1.85 bits per heavy atom. The molecule has 26 heavy (non-hydrogen) atoms. The highest BCUT2D eigenvalue weighted by molar-refractivity contribution is 5.99. The summed E-state index contributed by atoms with van der Waals surface area (Å²) in [4.78, 5) is 33.8. The van der Waals surface area contributed by atoms with Crippen molar-refractivity contribution in [3.63, 3.8) is 0 Å². The molecule has 140 valence electrons. The highest BCUT2D eigenvalue weighted by Gasteiger charge is 2.23. The van der Waals surface area contributed by atoms with Gasteiger partial charge in [0.25, 0.3) is 5.91 Å². The molecule has 6 heteroatoms. The van der Waals surface area contributed by atoms with Crippen molar-refractivity contribution in [3.05, 3.63) is 35.0 Å². The maximum atomic E-state index is 13.0. The number of amides is 2. The lowest BCUT2D eigenvalue weighted by Crippen LogP contribution is -2.39. The predicted molar refractivity (Wildman–Crippen MR) is 103 cm³/mol. The predicted octanol–water partition coefficient (Wildman–Crippen LogP) is 2.02. The van der Waals surface area contributed by atoms with E-state index >= 15 is 0 Å². The first-order valence-electron chi connectivity index (χ1n) is 9.17. The summed E-state index contributed by atoms with van der Waals surface area (Å²) < 4.78 is 0. The molecule has 1 aliphatic heterocycles. The van der Waals surface area contributed by atoms with Crippen LogP contribution >= 0.6 is 0 Å². The fourth-order valence-electron chi connectivity index (χ4n) is 3.55. The van der Waals surface area contributed by atoms with Crippen molar-refractivity contribution in [2.24, 2.45) is 0 Å². The van der Waals surface area contributed by atoms with Gasteiger partial charge in [-0.2, -0.15) is 0 Å². The Kier molecular flexibility index (Phi) is 5.32. The topological polar surface area (TPSA) is 59.7 Å². The zero-order valence-electron chi connectivity index (χ0n) is 16.1. The molecule has 1 N–H and O–H groups in total. The molecular formula is C20H28N4O2. The summed E-state index contributed by atoms with van der Waals surface area (Å²) in [5.41, 5.74) is 4.02. The van der Waals surface area contributed by atoms with Crippen LogP contribution in [0, 0.1) is 13.8 Å². The van der Waals surface area contributed by atoms with Crippen molar-refractivity contribution in [2.45, 2.75) is 20.3 Å². The maximum absolute atomic E-state index is 13.0. The number of carbonyl (C=O) groups is 2.